The van der Waals surface area contributed by atoms with Crippen LogP contribution in [0.15, 0.2) is 12.2 Å². The summed E-state index contributed by atoms with van der Waals surface area (Å²) in [5, 5.41) is 0. The summed E-state index contributed by atoms with van der Waals surface area (Å²) in [5.41, 5.74) is 0. The molecule has 0 aliphatic heterocycles. The molecule has 0 aromatic rings. The molecule has 0 radical (unpaired) electrons. The second-order valence-electron chi connectivity index (χ2n) is 3.61. The van der Waals surface area contributed by atoms with Gasteiger partial charge >= 0.3 is 5.97 Å². The van der Waals surface area contributed by atoms with Crippen molar-refractivity contribution in [1.82, 2.24) is 0 Å². The molecule has 0 heterocycles. The molecule has 14 heavy (non-hydrogen) atoms. The van der Waals surface area contributed by atoms with E-state index in [0.717, 1.165) is 12.8 Å². The number of carbonyl (C=O) groups excluding carboxylic acids is 2. The average molecular weight is 196 g/mol. The lowest BCUT2D eigenvalue weighted by atomic mass is 9.94. The number of allylic oxidation sites excluding steroid dienone is 2. The van der Waals surface area contributed by atoms with Crippen LogP contribution in [-0.2, 0) is 14.3 Å². The predicted octanol–water partition coefficient (Wildman–Crippen LogP) is 1.86. The van der Waals surface area contributed by atoms with Crippen LogP contribution in [0.1, 0.15) is 32.6 Å². The third-order valence-electron chi connectivity index (χ3n) is 2.20. The van der Waals surface area contributed by atoms with Crippen molar-refractivity contribution >= 4 is 11.8 Å². The van der Waals surface area contributed by atoms with Gasteiger partial charge in [-0.2, -0.15) is 0 Å². The van der Waals surface area contributed by atoms with E-state index in [4.69, 9.17) is 4.74 Å². The van der Waals surface area contributed by atoms with Gasteiger partial charge in [0.15, 0.2) is 5.78 Å². The van der Waals surface area contributed by atoms with Crippen LogP contribution in [0.3, 0.4) is 0 Å². The summed E-state index contributed by atoms with van der Waals surface area (Å²) in [6.45, 7) is 2.32. The zero-order valence-electron chi connectivity index (χ0n) is 8.49. The van der Waals surface area contributed by atoms with Crippen LogP contribution < -0.4 is 0 Å². The molecule has 0 saturated heterocycles. The fourth-order valence-corrected chi connectivity index (χ4v) is 1.44. The van der Waals surface area contributed by atoms with Crippen LogP contribution in [-0.4, -0.2) is 18.4 Å². The van der Waals surface area contributed by atoms with Crippen molar-refractivity contribution in [3.05, 3.63) is 12.2 Å². The molecular weight excluding hydrogens is 180 g/mol. The number of ether oxygens (including phenoxy) is 1. The molecule has 0 N–H and O–H groups in total. The second kappa shape index (κ2) is 5.58. The van der Waals surface area contributed by atoms with Gasteiger partial charge in [0.2, 0.25) is 0 Å². The molecule has 0 aromatic heterocycles. The lowest BCUT2D eigenvalue weighted by molar-refractivity contribution is -0.145. The van der Waals surface area contributed by atoms with Gasteiger partial charge in [-0.05, 0) is 18.9 Å². The molecule has 0 fully saturated rings. The topological polar surface area (TPSA) is 43.4 Å². The monoisotopic (exact) mass is 196 g/mol. The van der Waals surface area contributed by atoms with Gasteiger partial charge in [-0.25, -0.2) is 0 Å². The molecular formula is C11H16O3. The minimum atomic E-state index is -0.158. The number of esters is 1. The standard InChI is InChI=1S/C11H16O3/c1-2-4-11(13)14-8-9-5-3-6-10(12)7-9/h3,6,9H,2,4-5,7-8H2,1H3/t9-/m0/s1. The van der Waals surface area contributed by atoms with Gasteiger partial charge in [-0.15, -0.1) is 0 Å². The Morgan fingerprint density at radius 2 is 2.43 bits per heavy atom. The van der Waals surface area contributed by atoms with Crippen LogP contribution in [0, 0.1) is 5.92 Å². The first-order valence-electron chi connectivity index (χ1n) is 5.07. The van der Waals surface area contributed by atoms with E-state index < -0.39 is 0 Å². The van der Waals surface area contributed by atoms with Crippen molar-refractivity contribution in [1.29, 1.82) is 0 Å². The molecule has 78 valence electrons. The molecule has 1 atom stereocenters. The van der Waals surface area contributed by atoms with E-state index in [1.165, 1.54) is 0 Å². The molecule has 0 spiro atoms. The van der Waals surface area contributed by atoms with Gasteiger partial charge in [0, 0.05) is 18.8 Å². The third kappa shape index (κ3) is 3.73. The molecule has 0 saturated carbocycles. The summed E-state index contributed by atoms with van der Waals surface area (Å²) in [7, 11) is 0. The zero-order chi connectivity index (χ0) is 10.4. The van der Waals surface area contributed by atoms with E-state index in [-0.39, 0.29) is 17.7 Å². The van der Waals surface area contributed by atoms with Gasteiger partial charge in [-0.1, -0.05) is 13.0 Å². The summed E-state index contributed by atoms with van der Waals surface area (Å²) >= 11 is 0. The highest BCUT2D eigenvalue weighted by atomic mass is 16.5. The number of hydrogen-bond donors (Lipinski definition) is 0. The Kier molecular flexibility index (Phi) is 4.36. The number of ketones is 1. The molecule has 3 heteroatoms. The van der Waals surface area contributed by atoms with Gasteiger partial charge in [-0.3, -0.25) is 9.59 Å². The van der Waals surface area contributed by atoms with Crippen molar-refractivity contribution in [2.75, 3.05) is 6.61 Å². The first-order chi connectivity index (χ1) is 6.72. The van der Waals surface area contributed by atoms with Crippen LogP contribution in [0.2, 0.25) is 0 Å². The molecule has 1 rings (SSSR count). The Morgan fingerprint density at radius 3 is 3.07 bits per heavy atom. The van der Waals surface area contributed by atoms with Gasteiger partial charge in [0.1, 0.15) is 0 Å². The minimum Gasteiger partial charge on any atom is -0.465 e. The van der Waals surface area contributed by atoms with Crippen molar-refractivity contribution in [3.63, 3.8) is 0 Å². The Balaban J connectivity index is 2.22. The first-order valence-corrected chi connectivity index (χ1v) is 5.07. The van der Waals surface area contributed by atoms with Crippen LogP contribution in [0.25, 0.3) is 0 Å². The fourth-order valence-electron chi connectivity index (χ4n) is 1.44. The number of hydrogen-bond acceptors (Lipinski definition) is 3. The summed E-state index contributed by atoms with van der Waals surface area (Å²) in [6.07, 6.45) is 6.08. The summed E-state index contributed by atoms with van der Waals surface area (Å²) in [6, 6.07) is 0. The highest BCUT2D eigenvalue weighted by Crippen LogP contribution is 2.16. The van der Waals surface area contributed by atoms with Crippen LogP contribution in [0.4, 0.5) is 0 Å². The van der Waals surface area contributed by atoms with E-state index in [2.05, 4.69) is 0 Å². The number of carbonyl (C=O) groups is 2. The Bertz CT molecular complexity index is 243. The second-order valence-corrected chi connectivity index (χ2v) is 3.61. The molecule has 1 aliphatic carbocycles. The minimum absolute atomic E-state index is 0.132. The van der Waals surface area contributed by atoms with Crippen molar-refractivity contribution in [3.8, 4) is 0 Å². The molecule has 0 amide bonds. The van der Waals surface area contributed by atoms with E-state index in [0.29, 0.717) is 19.4 Å². The molecule has 0 unspecified atom stereocenters. The average Bonchev–Trinajstić information content (AvgIpc) is 2.15. The van der Waals surface area contributed by atoms with Gasteiger partial charge < -0.3 is 4.74 Å². The van der Waals surface area contributed by atoms with Crippen LogP contribution in [0.5, 0.6) is 0 Å². The predicted molar refractivity (Wildman–Crippen MR) is 52.7 cm³/mol. The SMILES string of the molecule is CCCC(=O)OC[C@H]1CC=CC(=O)C1. The third-order valence-corrected chi connectivity index (χ3v) is 2.20. The Labute approximate surface area is 84.1 Å². The van der Waals surface area contributed by atoms with E-state index in [1.807, 2.05) is 13.0 Å². The summed E-state index contributed by atoms with van der Waals surface area (Å²) in [5.74, 6) is 0.163. The largest absolute Gasteiger partial charge is 0.465 e. The van der Waals surface area contributed by atoms with Crippen molar-refractivity contribution in [2.24, 2.45) is 5.92 Å². The van der Waals surface area contributed by atoms with E-state index >= 15 is 0 Å². The maximum absolute atomic E-state index is 11.0. The van der Waals surface area contributed by atoms with Crippen molar-refractivity contribution in [2.45, 2.75) is 32.6 Å². The smallest absolute Gasteiger partial charge is 0.305 e. The normalized spacial score (nSPS) is 20.9. The van der Waals surface area contributed by atoms with Gasteiger partial charge in [0.25, 0.3) is 0 Å². The molecule has 0 bridgehead atoms. The molecule has 0 aromatic carbocycles. The highest BCUT2D eigenvalue weighted by Gasteiger charge is 2.16. The molecule has 3 nitrogen and oxygen atoms in total. The lowest BCUT2D eigenvalue weighted by Gasteiger charge is -2.16. The van der Waals surface area contributed by atoms with Gasteiger partial charge in [0.05, 0.1) is 6.61 Å². The zero-order valence-corrected chi connectivity index (χ0v) is 8.49. The summed E-state index contributed by atoms with van der Waals surface area (Å²) in [4.78, 5) is 22.1. The quantitative estimate of drug-likeness (QED) is 0.644. The van der Waals surface area contributed by atoms with Crippen LogP contribution >= 0.6 is 0 Å². The maximum atomic E-state index is 11.0. The van der Waals surface area contributed by atoms with E-state index in [9.17, 15) is 9.59 Å². The lowest BCUT2D eigenvalue weighted by Crippen LogP contribution is -2.18. The number of rotatable bonds is 4. The summed E-state index contributed by atoms with van der Waals surface area (Å²) < 4.78 is 5.05. The maximum Gasteiger partial charge on any atom is 0.305 e. The highest BCUT2D eigenvalue weighted by molar-refractivity contribution is 5.90. The first kappa shape index (κ1) is 11.0. The fraction of sp³-hybridized carbons (Fsp3) is 0.636. The Morgan fingerprint density at radius 1 is 1.64 bits per heavy atom. The Hall–Kier alpha value is -1.12. The van der Waals surface area contributed by atoms with Crippen molar-refractivity contribution < 1.29 is 14.3 Å². The van der Waals surface area contributed by atoms with E-state index in [1.54, 1.807) is 6.08 Å². The molecule has 1 aliphatic rings.